The van der Waals surface area contributed by atoms with Crippen molar-refractivity contribution in [1.29, 1.82) is 0 Å². The van der Waals surface area contributed by atoms with Gasteiger partial charge in [-0.05, 0) is 37.3 Å². The number of nitrogens with zero attached hydrogens (tertiary/aromatic N) is 3. The van der Waals surface area contributed by atoms with Gasteiger partial charge in [-0.25, -0.2) is 4.98 Å². The number of aliphatic hydroxyl groups is 1. The van der Waals surface area contributed by atoms with E-state index in [1.165, 1.54) is 24.0 Å². The van der Waals surface area contributed by atoms with E-state index in [1.807, 2.05) is 6.92 Å². The maximum atomic E-state index is 9.31. The first-order valence-corrected chi connectivity index (χ1v) is 9.30. The molecule has 1 fully saturated rings. The SMILES string of the molecule is CCc1cc(N2C[C@H]3CC[C@H]2c2ccccc23)nc(N[C@H](C)CO)n1. The van der Waals surface area contributed by atoms with Gasteiger partial charge in [0.1, 0.15) is 5.82 Å². The summed E-state index contributed by atoms with van der Waals surface area (Å²) in [7, 11) is 0. The summed E-state index contributed by atoms with van der Waals surface area (Å²) < 4.78 is 0. The van der Waals surface area contributed by atoms with Crippen LogP contribution in [0.4, 0.5) is 11.8 Å². The largest absolute Gasteiger partial charge is 0.394 e. The summed E-state index contributed by atoms with van der Waals surface area (Å²) in [5, 5.41) is 12.5. The standard InChI is InChI=1S/C20H26N4O/c1-3-15-10-19(23-20(22-15)21-13(2)12-25)24-11-14-8-9-18(24)17-7-5-4-6-16(14)17/h4-7,10,13-14,18,25H,3,8-9,11-12H2,1-2H3,(H,21,22,23)/t13-,14-,18+/m1/s1. The molecule has 25 heavy (non-hydrogen) atoms. The third-order valence-corrected chi connectivity index (χ3v) is 5.45. The van der Waals surface area contributed by atoms with Crippen molar-refractivity contribution < 1.29 is 5.11 Å². The van der Waals surface area contributed by atoms with E-state index < -0.39 is 0 Å². The first kappa shape index (κ1) is 16.3. The lowest BCUT2D eigenvalue weighted by Gasteiger charge is -2.47. The molecule has 0 spiro atoms. The van der Waals surface area contributed by atoms with E-state index in [-0.39, 0.29) is 12.6 Å². The van der Waals surface area contributed by atoms with E-state index in [0.717, 1.165) is 24.5 Å². The predicted molar refractivity (Wildman–Crippen MR) is 100 cm³/mol. The van der Waals surface area contributed by atoms with Gasteiger partial charge in [0.25, 0.3) is 0 Å². The Morgan fingerprint density at radius 1 is 1.24 bits per heavy atom. The fraction of sp³-hybridized carbons (Fsp3) is 0.500. The molecule has 0 saturated carbocycles. The summed E-state index contributed by atoms with van der Waals surface area (Å²) in [4.78, 5) is 11.8. The molecule has 5 rings (SSSR count). The lowest BCUT2D eigenvalue weighted by molar-refractivity contribution is 0.281. The average molecular weight is 338 g/mol. The Hall–Kier alpha value is -2.14. The van der Waals surface area contributed by atoms with Gasteiger partial charge in [0, 0.05) is 30.3 Å². The first-order chi connectivity index (χ1) is 12.2. The second-order valence-corrected chi connectivity index (χ2v) is 7.19. The number of hydrogen-bond acceptors (Lipinski definition) is 5. The molecule has 5 nitrogen and oxygen atoms in total. The van der Waals surface area contributed by atoms with Crippen LogP contribution in [-0.2, 0) is 6.42 Å². The Bertz CT molecular complexity index is 763. The van der Waals surface area contributed by atoms with Crippen LogP contribution >= 0.6 is 0 Å². The molecule has 2 aliphatic heterocycles. The Balaban J connectivity index is 1.69. The number of nitrogens with one attached hydrogen (secondary N) is 1. The number of aryl methyl sites for hydroxylation is 1. The molecular formula is C20H26N4O. The predicted octanol–water partition coefficient (Wildman–Crippen LogP) is 3.27. The number of hydrogen-bond donors (Lipinski definition) is 2. The second-order valence-electron chi connectivity index (χ2n) is 7.19. The van der Waals surface area contributed by atoms with Crippen LogP contribution in [0.3, 0.4) is 0 Å². The quantitative estimate of drug-likeness (QED) is 0.876. The third-order valence-electron chi connectivity index (χ3n) is 5.45. The Kier molecular flexibility index (Phi) is 4.34. The maximum Gasteiger partial charge on any atom is 0.225 e. The molecule has 5 heteroatoms. The smallest absolute Gasteiger partial charge is 0.225 e. The molecule has 3 aliphatic rings. The summed E-state index contributed by atoms with van der Waals surface area (Å²) in [6.45, 7) is 5.14. The number of rotatable bonds is 5. The lowest BCUT2D eigenvalue weighted by Crippen LogP contribution is -2.43. The van der Waals surface area contributed by atoms with Gasteiger partial charge in [-0.2, -0.15) is 4.98 Å². The van der Waals surface area contributed by atoms with Crippen LogP contribution < -0.4 is 10.2 Å². The molecule has 3 heterocycles. The molecule has 2 N–H and O–H groups in total. The van der Waals surface area contributed by atoms with Crippen LogP contribution in [0.1, 0.15) is 55.5 Å². The Morgan fingerprint density at radius 3 is 2.80 bits per heavy atom. The molecule has 1 aliphatic carbocycles. The molecular weight excluding hydrogens is 312 g/mol. The highest BCUT2D eigenvalue weighted by Gasteiger charge is 2.38. The zero-order valence-corrected chi connectivity index (χ0v) is 14.9. The molecule has 0 unspecified atom stereocenters. The van der Waals surface area contributed by atoms with Crippen molar-refractivity contribution in [2.45, 2.75) is 51.1 Å². The minimum Gasteiger partial charge on any atom is -0.394 e. The highest BCUT2D eigenvalue weighted by Crippen LogP contribution is 2.47. The summed E-state index contributed by atoms with van der Waals surface area (Å²) in [5.41, 5.74) is 4.01. The molecule has 1 aromatic carbocycles. The van der Waals surface area contributed by atoms with Gasteiger partial charge >= 0.3 is 0 Å². The van der Waals surface area contributed by atoms with Crippen LogP contribution in [0.2, 0.25) is 0 Å². The normalized spacial score (nSPS) is 22.6. The molecule has 2 bridgehead atoms. The summed E-state index contributed by atoms with van der Waals surface area (Å²) in [6.07, 6.45) is 3.32. The van der Waals surface area contributed by atoms with Gasteiger partial charge in [-0.1, -0.05) is 31.2 Å². The minimum absolute atomic E-state index is 0.0570. The van der Waals surface area contributed by atoms with Crippen molar-refractivity contribution in [1.82, 2.24) is 9.97 Å². The van der Waals surface area contributed by atoms with Gasteiger partial charge in [0.15, 0.2) is 0 Å². The van der Waals surface area contributed by atoms with E-state index >= 15 is 0 Å². The van der Waals surface area contributed by atoms with Crippen LogP contribution in [0, 0.1) is 0 Å². The summed E-state index contributed by atoms with van der Waals surface area (Å²) >= 11 is 0. The fourth-order valence-electron chi connectivity index (χ4n) is 4.13. The molecule has 3 atom stereocenters. The zero-order chi connectivity index (χ0) is 17.4. The fourth-order valence-corrected chi connectivity index (χ4v) is 4.13. The van der Waals surface area contributed by atoms with E-state index in [4.69, 9.17) is 4.98 Å². The number of benzene rings is 1. The van der Waals surface area contributed by atoms with E-state index in [2.05, 4.69) is 52.5 Å². The van der Waals surface area contributed by atoms with Crippen molar-refractivity contribution in [2.24, 2.45) is 0 Å². The van der Waals surface area contributed by atoms with Crippen LogP contribution in [-0.4, -0.2) is 34.3 Å². The van der Waals surface area contributed by atoms with Gasteiger partial charge in [0.2, 0.25) is 5.95 Å². The van der Waals surface area contributed by atoms with Gasteiger partial charge < -0.3 is 15.3 Å². The van der Waals surface area contributed by atoms with Crippen LogP contribution in [0.5, 0.6) is 0 Å². The molecule has 132 valence electrons. The maximum absolute atomic E-state index is 9.31. The number of fused-ring (bicyclic) bond motifs is 2. The molecule has 2 aromatic rings. The van der Waals surface area contributed by atoms with Crippen molar-refractivity contribution in [3.05, 3.63) is 47.2 Å². The molecule has 1 saturated heterocycles. The topological polar surface area (TPSA) is 61.3 Å². The molecule has 0 amide bonds. The number of piperidine rings is 1. The lowest BCUT2D eigenvalue weighted by atomic mass is 9.75. The van der Waals surface area contributed by atoms with Crippen LogP contribution in [0.15, 0.2) is 30.3 Å². The number of aromatic nitrogens is 2. The summed E-state index contributed by atoms with van der Waals surface area (Å²) in [6, 6.07) is 11.3. The van der Waals surface area contributed by atoms with E-state index in [0.29, 0.717) is 17.9 Å². The van der Waals surface area contributed by atoms with E-state index in [9.17, 15) is 5.11 Å². The Labute approximate surface area is 149 Å². The van der Waals surface area contributed by atoms with Gasteiger partial charge in [0.05, 0.1) is 12.6 Å². The third kappa shape index (κ3) is 2.97. The molecule has 1 aromatic heterocycles. The summed E-state index contributed by atoms with van der Waals surface area (Å²) in [5.74, 6) is 2.21. The zero-order valence-electron chi connectivity index (χ0n) is 14.9. The van der Waals surface area contributed by atoms with Crippen molar-refractivity contribution in [2.75, 3.05) is 23.4 Å². The van der Waals surface area contributed by atoms with Crippen molar-refractivity contribution in [3.8, 4) is 0 Å². The van der Waals surface area contributed by atoms with Crippen LogP contribution in [0.25, 0.3) is 0 Å². The Morgan fingerprint density at radius 2 is 2.04 bits per heavy atom. The average Bonchev–Trinajstić information content (AvgIpc) is 2.68. The highest BCUT2D eigenvalue weighted by atomic mass is 16.3. The number of aliphatic hydroxyl groups excluding tert-OH is 1. The van der Waals surface area contributed by atoms with Gasteiger partial charge in [-0.3, -0.25) is 0 Å². The monoisotopic (exact) mass is 338 g/mol. The number of anilines is 2. The minimum atomic E-state index is -0.0570. The van der Waals surface area contributed by atoms with Crippen molar-refractivity contribution in [3.63, 3.8) is 0 Å². The first-order valence-electron chi connectivity index (χ1n) is 9.30. The van der Waals surface area contributed by atoms with Crippen molar-refractivity contribution >= 4 is 11.8 Å². The highest BCUT2D eigenvalue weighted by molar-refractivity contribution is 5.53. The van der Waals surface area contributed by atoms with Gasteiger partial charge in [-0.15, -0.1) is 0 Å². The second kappa shape index (κ2) is 6.64. The molecule has 0 radical (unpaired) electrons. The van der Waals surface area contributed by atoms with E-state index in [1.54, 1.807) is 0 Å².